The van der Waals surface area contributed by atoms with Crippen LogP contribution in [0.3, 0.4) is 0 Å². The van der Waals surface area contributed by atoms with E-state index in [0.29, 0.717) is 15.6 Å². The molecule has 4 rings (SSSR count). The van der Waals surface area contributed by atoms with Crippen LogP contribution in [0.2, 0.25) is 5.02 Å². The Morgan fingerprint density at radius 1 is 1.21 bits per heavy atom. The number of benzene rings is 1. The number of rotatable bonds is 3. The van der Waals surface area contributed by atoms with Crippen LogP contribution in [0, 0.1) is 0 Å². The molecule has 0 saturated heterocycles. The lowest BCUT2D eigenvalue weighted by atomic mass is 9.98. The summed E-state index contributed by atoms with van der Waals surface area (Å²) in [6, 6.07) is 5.46. The number of nitrogens with zero attached hydrogens (tertiary/aromatic N) is 4. The Labute approximate surface area is 179 Å². The molecule has 3 aromatic rings. The number of hydrogen-bond acceptors (Lipinski definition) is 5. The Morgan fingerprint density at radius 2 is 2.03 bits per heavy atom. The quantitative estimate of drug-likeness (QED) is 0.610. The lowest BCUT2D eigenvalue weighted by Gasteiger charge is -2.13. The molecule has 1 aliphatic heterocycles. The van der Waals surface area contributed by atoms with Gasteiger partial charge in [0.1, 0.15) is 10.7 Å². The van der Waals surface area contributed by atoms with Crippen LogP contribution in [0.5, 0.6) is 0 Å². The molecule has 0 radical (unpaired) electrons. The van der Waals surface area contributed by atoms with Crippen molar-refractivity contribution in [3.8, 4) is 11.4 Å². The molecule has 6 nitrogen and oxygen atoms in total. The van der Waals surface area contributed by atoms with Crippen LogP contribution in [-0.4, -0.2) is 25.7 Å². The fourth-order valence-corrected chi connectivity index (χ4v) is 4.45. The molecule has 0 fully saturated rings. The van der Waals surface area contributed by atoms with Crippen molar-refractivity contribution < 1.29 is 4.79 Å². The first-order valence-corrected chi connectivity index (χ1v) is 11.0. The van der Waals surface area contributed by atoms with Crippen LogP contribution in [0.15, 0.2) is 24.4 Å². The number of aryl methyl sites for hydroxylation is 1. The number of amides is 1. The molecule has 1 aromatic carbocycles. The van der Waals surface area contributed by atoms with Gasteiger partial charge in [-0.15, -0.1) is 21.5 Å². The Kier molecular flexibility index (Phi) is 5.44. The fourth-order valence-electron chi connectivity index (χ4n) is 3.38. The highest BCUT2D eigenvalue weighted by Gasteiger charge is 2.21. The van der Waals surface area contributed by atoms with Crippen molar-refractivity contribution in [3.63, 3.8) is 0 Å². The number of thiazole rings is 1. The standard InChI is InChI=1S/C21H24ClN5OS/c1-21(2,3)20-23-12-16(29-20)19(28)24-13-8-9-15(22)14(11-13)18-26-25-17-7-5-4-6-10-27(17)18/h8-9,11-12H,4-7,10H2,1-3H3,(H,24,28). The molecule has 1 N–H and O–H groups in total. The molecular weight excluding hydrogens is 406 g/mol. The van der Waals surface area contributed by atoms with E-state index in [1.165, 1.54) is 17.8 Å². The van der Waals surface area contributed by atoms with E-state index in [1.807, 2.05) is 6.07 Å². The maximum absolute atomic E-state index is 12.7. The number of fused-ring (bicyclic) bond motifs is 1. The smallest absolute Gasteiger partial charge is 0.267 e. The van der Waals surface area contributed by atoms with E-state index in [-0.39, 0.29) is 11.3 Å². The molecule has 0 spiro atoms. The molecule has 0 atom stereocenters. The minimum Gasteiger partial charge on any atom is -0.321 e. The maximum atomic E-state index is 12.7. The summed E-state index contributed by atoms with van der Waals surface area (Å²) < 4.78 is 2.15. The molecule has 152 valence electrons. The second-order valence-corrected chi connectivity index (χ2v) is 9.77. The highest BCUT2D eigenvalue weighted by atomic mass is 35.5. The lowest BCUT2D eigenvalue weighted by molar-refractivity contribution is 0.103. The Morgan fingerprint density at radius 3 is 2.79 bits per heavy atom. The van der Waals surface area contributed by atoms with Gasteiger partial charge >= 0.3 is 0 Å². The van der Waals surface area contributed by atoms with Crippen LogP contribution in [0.25, 0.3) is 11.4 Å². The molecule has 0 bridgehead atoms. The van der Waals surface area contributed by atoms with Crippen LogP contribution in [-0.2, 0) is 18.4 Å². The average molecular weight is 430 g/mol. The van der Waals surface area contributed by atoms with Gasteiger partial charge in [-0.3, -0.25) is 4.79 Å². The van der Waals surface area contributed by atoms with Crippen LogP contribution >= 0.6 is 22.9 Å². The van der Waals surface area contributed by atoms with Gasteiger partial charge in [-0.05, 0) is 31.0 Å². The van der Waals surface area contributed by atoms with Gasteiger partial charge < -0.3 is 9.88 Å². The monoisotopic (exact) mass is 429 g/mol. The van der Waals surface area contributed by atoms with E-state index in [2.05, 4.69) is 45.8 Å². The maximum Gasteiger partial charge on any atom is 0.267 e. The van der Waals surface area contributed by atoms with Gasteiger partial charge in [-0.1, -0.05) is 38.8 Å². The zero-order valence-corrected chi connectivity index (χ0v) is 18.4. The Bertz CT molecular complexity index is 1050. The fraction of sp³-hybridized carbons (Fsp3) is 0.429. The number of carbonyl (C=O) groups excluding carboxylic acids is 1. The predicted octanol–water partition coefficient (Wildman–Crippen LogP) is 5.33. The van der Waals surface area contributed by atoms with Gasteiger partial charge in [0.25, 0.3) is 5.91 Å². The first-order valence-electron chi connectivity index (χ1n) is 9.82. The molecule has 1 aliphatic rings. The number of aromatic nitrogens is 4. The number of anilines is 1. The van der Waals surface area contributed by atoms with E-state index in [9.17, 15) is 4.79 Å². The van der Waals surface area contributed by atoms with E-state index in [1.54, 1.807) is 18.3 Å². The molecule has 8 heteroatoms. The van der Waals surface area contributed by atoms with E-state index in [4.69, 9.17) is 11.6 Å². The summed E-state index contributed by atoms with van der Waals surface area (Å²) in [5, 5.41) is 13.2. The minimum absolute atomic E-state index is 0.0812. The summed E-state index contributed by atoms with van der Waals surface area (Å²) in [5.74, 6) is 1.59. The van der Waals surface area contributed by atoms with Crippen molar-refractivity contribution in [1.82, 2.24) is 19.7 Å². The molecule has 2 aromatic heterocycles. The average Bonchev–Trinajstić information content (AvgIpc) is 3.26. The molecule has 0 aliphatic carbocycles. The number of carbonyl (C=O) groups is 1. The minimum atomic E-state index is -0.175. The van der Waals surface area contributed by atoms with Gasteiger partial charge in [0.2, 0.25) is 0 Å². The van der Waals surface area contributed by atoms with Crippen molar-refractivity contribution in [2.75, 3.05) is 5.32 Å². The number of nitrogens with one attached hydrogen (secondary N) is 1. The summed E-state index contributed by atoms with van der Waals surface area (Å²) in [4.78, 5) is 17.7. The number of hydrogen-bond donors (Lipinski definition) is 1. The van der Waals surface area contributed by atoms with Gasteiger partial charge in [0.05, 0.1) is 16.2 Å². The van der Waals surface area contributed by atoms with E-state index >= 15 is 0 Å². The van der Waals surface area contributed by atoms with Gasteiger partial charge in [0, 0.05) is 29.6 Å². The number of halogens is 1. The normalized spacial score (nSPS) is 14.3. The zero-order chi connectivity index (χ0) is 20.6. The van der Waals surface area contributed by atoms with Crippen molar-refractivity contribution >= 4 is 34.5 Å². The topological polar surface area (TPSA) is 72.7 Å². The largest absolute Gasteiger partial charge is 0.321 e. The van der Waals surface area contributed by atoms with Crippen molar-refractivity contribution in [2.24, 2.45) is 0 Å². The first kappa shape index (κ1) is 20.0. The molecule has 0 unspecified atom stereocenters. The van der Waals surface area contributed by atoms with Gasteiger partial charge in [0.15, 0.2) is 5.82 Å². The third-order valence-corrected chi connectivity index (χ3v) is 6.70. The van der Waals surface area contributed by atoms with Gasteiger partial charge in [-0.2, -0.15) is 0 Å². The van der Waals surface area contributed by atoms with Crippen molar-refractivity contribution in [3.05, 3.63) is 45.1 Å². The van der Waals surface area contributed by atoms with E-state index in [0.717, 1.165) is 48.0 Å². The highest BCUT2D eigenvalue weighted by molar-refractivity contribution is 7.13. The second-order valence-electron chi connectivity index (χ2n) is 8.33. The van der Waals surface area contributed by atoms with Gasteiger partial charge in [-0.25, -0.2) is 4.98 Å². The molecule has 3 heterocycles. The third-order valence-electron chi connectivity index (χ3n) is 4.95. The van der Waals surface area contributed by atoms with Crippen LogP contribution in [0.1, 0.15) is 60.5 Å². The lowest BCUT2D eigenvalue weighted by Crippen LogP contribution is -2.11. The highest BCUT2D eigenvalue weighted by Crippen LogP contribution is 2.32. The molecular formula is C21H24ClN5OS. The predicted molar refractivity (Wildman–Crippen MR) is 117 cm³/mol. The second kappa shape index (κ2) is 7.88. The molecule has 0 saturated carbocycles. The van der Waals surface area contributed by atoms with Crippen molar-refractivity contribution in [2.45, 2.75) is 58.4 Å². The van der Waals surface area contributed by atoms with Crippen LogP contribution in [0.4, 0.5) is 5.69 Å². The summed E-state index contributed by atoms with van der Waals surface area (Å²) in [6.07, 6.45) is 6.00. The summed E-state index contributed by atoms with van der Waals surface area (Å²) in [5.41, 5.74) is 1.37. The summed E-state index contributed by atoms with van der Waals surface area (Å²) >= 11 is 7.89. The van der Waals surface area contributed by atoms with E-state index < -0.39 is 0 Å². The molecule has 1 amide bonds. The summed E-state index contributed by atoms with van der Waals surface area (Å²) in [6.45, 7) is 7.14. The third kappa shape index (κ3) is 4.21. The Balaban J connectivity index is 1.60. The van der Waals surface area contributed by atoms with Crippen molar-refractivity contribution in [1.29, 1.82) is 0 Å². The SMILES string of the molecule is CC(C)(C)c1ncc(C(=O)Nc2ccc(Cl)c(-c3nnc4n3CCCCC4)c2)s1. The first-order chi connectivity index (χ1) is 13.8. The molecule has 29 heavy (non-hydrogen) atoms. The Hall–Kier alpha value is -2.25. The summed E-state index contributed by atoms with van der Waals surface area (Å²) in [7, 11) is 0. The zero-order valence-electron chi connectivity index (χ0n) is 16.8. The van der Waals surface area contributed by atoms with Crippen LogP contribution < -0.4 is 5.32 Å².